The third-order valence-electron chi connectivity index (χ3n) is 4.79. The Kier molecular flexibility index (Phi) is 3.73. The fraction of sp³-hybridized carbons (Fsp3) is 0.846. The number of hydrogen-bond acceptors (Lipinski definition) is 2. The maximum Gasteiger partial charge on any atom is 0.394 e. The van der Waals surface area contributed by atoms with Crippen molar-refractivity contribution in [2.45, 2.75) is 38.8 Å². The lowest BCUT2D eigenvalue weighted by atomic mass is 9.66. The number of rotatable bonds is 3. The molecule has 2 rings (SSSR count). The molecular weight excluding hydrogens is 275 g/mol. The van der Waals surface area contributed by atoms with Gasteiger partial charge in [0.05, 0.1) is 11.8 Å². The number of carbonyl (C=O) groups excluding carboxylic acids is 1. The van der Waals surface area contributed by atoms with Gasteiger partial charge in [0.15, 0.2) is 0 Å². The molecule has 1 aliphatic heterocycles. The van der Waals surface area contributed by atoms with Crippen LogP contribution in [-0.4, -0.2) is 41.1 Å². The number of hydrogen-bond donors (Lipinski definition) is 1. The number of alkyl halides is 3. The molecule has 2 aliphatic rings. The molecule has 0 radical (unpaired) electrons. The molecule has 1 aliphatic carbocycles. The van der Waals surface area contributed by atoms with Crippen LogP contribution in [-0.2, 0) is 9.59 Å². The molecule has 2 fully saturated rings. The summed E-state index contributed by atoms with van der Waals surface area (Å²) in [5, 5.41) is 8.94. The van der Waals surface area contributed by atoms with E-state index in [1.54, 1.807) is 0 Å². The van der Waals surface area contributed by atoms with Crippen molar-refractivity contribution in [2.24, 2.45) is 17.3 Å². The first-order valence-electron chi connectivity index (χ1n) is 6.80. The van der Waals surface area contributed by atoms with Gasteiger partial charge >= 0.3 is 12.1 Å². The van der Waals surface area contributed by atoms with E-state index < -0.39 is 35.9 Å². The van der Waals surface area contributed by atoms with Crippen molar-refractivity contribution in [3.8, 4) is 0 Å². The van der Waals surface area contributed by atoms with E-state index in [2.05, 4.69) is 0 Å². The van der Waals surface area contributed by atoms with Gasteiger partial charge in [-0.2, -0.15) is 13.2 Å². The van der Waals surface area contributed by atoms with Crippen molar-refractivity contribution in [1.29, 1.82) is 0 Å². The number of aliphatic carboxylic acids is 1. The first-order valence-corrected chi connectivity index (χ1v) is 6.80. The van der Waals surface area contributed by atoms with Crippen molar-refractivity contribution in [3.05, 3.63) is 0 Å². The predicted molar refractivity (Wildman–Crippen MR) is 63.8 cm³/mol. The molecule has 0 unspecified atom stereocenters. The zero-order valence-electron chi connectivity index (χ0n) is 11.2. The number of likely N-dealkylation sites (tertiary alicyclic amines) is 1. The van der Waals surface area contributed by atoms with E-state index in [1.165, 1.54) is 0 Å². The zero-order chi connectivity index (χ0) is 15.1. The molecule has 1 N–H and O–H groups in total. The minimum atomic E-state index is -4.59. The third-order valence-corrected chi connectivity index (χ3v) is 4.79. The molecule has 4 nitrogen and oxygen atoms in total. The molecule has 20 heavy (non-hydrogen) atoms. The molecule has 0 aromatic rings. The molecule has 1 amide bonds. The zero-order valence-corrected chi connectivity index (χ0v) is 11.2. The van der Waals surface area contributed by atoms with Gasteiger partial charge in [-0.1, -0.05) is 13.3 Å². The summed E-state index contributed by atoms with van der Waals surface area (Å²) in [6.45, 7) is 0.990. The van der Waals surface area contributed by atoms with E-state index in [0.29, 0.717) is 19.3 Å². The van der Waals surface area contributed by atoms with E-state index in [9.17, 15) is 22.8 Å². The van der Waals surface area contributed by atoms with Crippen LogP contribution in [0.4, 0.5) is 13.2 Å². The van der Waals surface area contributed by atoms with Crippen LogP contribution in [0.25, 0.3) is 0 Å². The molecule has 114 valence electrons. The molecule has 0 aromatic carbocycles. The van der Waals surface area contributed by atoms with Crippen molar-refractivity contribution in [2.75, 3.05) is 13.1 Å². The summed E-state index contributed by atoms with van der Waals surface area (Å²) in [7, 11) is 0. The Morgan fingerprint density at radius 1 is 1.30 bits per heavy atom. The van der Waals surface area contributed by atoms with Crippen LogP contribution in [0, 0.1) is 17.3 Å². The van der Waals surface area contributed by atoms with E-state index >= 15 is 0 Å². The van der Waals surface area contributed by atoms with Crippen LogP contribution in [0.15, 0.2) is 0 Å². The van der Waals surface area contributed by atoms with E-state index in [-0.39, 0.29) is 12.5 Å². The fourth-order valence-electron chi connectivity index (χ4n) is 3.21. The average molecular weight is 293 g/mol. The van der Waals surface area contributed by atoms with Gasteiger partial charge in [-0.15, -0.1) is 0 Å². The Balaban J connectivity index is 2.16. The van der Waals surface area contributed by atoms with Crippen molar-refractivity contribution >= 4 is 11.9 Å². The van der Waals surface area contributed by atoms with Crippen molar-refractivity contribution < 1.29 is 27.9 Å². The summed E-state index contributed by atoms with van der Waals surface area (Å²) in [5.74, 6) is -5.29. The summed E-state index contributed by atoms with van der Waals surface area (Å²) in [6, 6.07) is 0. The Labute approximate surface area is 114 Å². The molecule has 0 aromatic heterocycles. The van der Waals surface area contributed by atoms with Crippen LogP contribution in [0.3, 0.4) is 0 Å². The number of carboxylic acid groups (broad SMARTS) is 1. The second-order valence-corrected chi connectivity index (χ2v) is 5.79. The first-order chi connectivity index (χ1) is 9.21. The van der Waals surface area contributed by atoms with Gasteiger partial charge in [0, 0.05) is 18.5 Å². The molecule has 1 saturated heterocycles. The average Bonchev–Trinajstić information content (AvgIpc) is 2.72. The van der Waals surface area contributed by atoms with Gasteiger partial charge in [-0.25, -0.2) is 0 Å². The summed E-state index contributed by atoms with van der Waals surface area (Å²) in [5.41, 5.74) is -0.552. The summed E-state index contributed by atoms with van der Waals surface area (Å²) in [4.78, 5) is 24.5. The first kappa shape index (κ1) is 15.1. The number of carbonyl (C=O) groups is 2. The maximum atomic E-state index is 12.9. The van der Waals surface area contributed by atoms with Gasteiger partial charge in [-0.3, -0.25) is 9.59 Å². The van der Waals surface area contributed by atoms with Crippen LogP contribution in [0.5, 0.6) is 0 Å². The molecule has 1 saturated carbocycles. The molecule has 0 bridgehead atoms. The van der Waals surface area contributed by atoms with Crippen molar-refractivity contribution in [1.82, 2.24) is 4.90 Å². The highest BCUT2D eigenvalue weighted by atomic mass is 19.4. The lowest BCUT2D eigenvalue weighted by molar-refractivity contribution is -0.188. The Morgan fingerprint density at radius 3 is 2.20 bits per heavy atom. The van der Waals surface area contributed by atoms with Gasteiger partial charge in [0.1, 0.15) is 0 Å². The minimum Gasteiger partial charge on any atom is -0.481 e. The molecular formula is C13H18F3NO3. The monoisotopic (exact) mass is 293 g/mol. The van der Waals surface area contributed by atoms with E-state index in [0.717, 1.165) is 11.3 Å². The van der Waals surface area contributed by atoms with Gasteiger partial charge < -0.3 is 10.0 Å². The maximum absolute atomic E-state index is 12.9. The number of amides is 1. The minimum absolute atomic E-state index is 0.302. The smallest absolute Gasteiger partial charge is 0.394 e. The quantitative estimate of drug-likeness (QED) is 0.868. The number of nitrogens with zero attached hydrogens (tertiary/aromatic N) is 1. The molecule has 2 atom stereocenters. The topological polar surface area (TPSA) is 57.6 Å². The normalized spacial score (nSPS) is 29.1. The van der Waals surface area contributed by atoms with Crippen LogP contribution >= 0.6 is 0 Å². The van der Waals surface area contributed by atoms with Gasteiger partial charge in [0.2, 0.25) is 5.91 Å². The van der Waals surface area contributed by atoms with Gasteiger partial charge in [0.25, 0.3) is 0 Å². The lowest BCUT2D eigenvalue weighted by Crippen LogP contribution is -2.47. The summed E-state index contributed by atoms with van der Waals surface area (Å²) < 4.78 is 38.6. The summed E-state index contributed by atoms with van der Waals surface area (Å²) >= 11 is 0. The Hall–Kier alpha value is -1.27. The van der Waals surface area contributed by atoms with Crippen LogP contribution in [0.2, 0.25) is 0 Å². The predicted octanol–water partition coefficient (Wildman–Crippen LogP) is 2.29. The second-order valence-electron chi connectivity index (χ2n) is 5.79. The fourth-order valence-corrected chi connectivity index (χ4v) is 3.21. The standard InChI is InChI=1S/C13H18F3NO3/c1-2-12(4-3-5-12)11(20)17-6-8(10(18)19)9(7-17)13(14,15)16/h8-9H,2-7H2,1H3,(H,18,19)/t8-,9-/m1/s1. The molecule has 1 heterocycles. The second kappa shape index (κ2) is 4.93. The van der Waals surface area contributed by atoms with Gasteiger partial charge in [-0.05, 0) is 19.3 Å². The van der Waals surface area contributed by atoms with Crippen LogP contribution in [0.1, 0.15) is 32.6 Å². The SMILES string of the molecule is CCC1(C(=O)N2C[C@@H](C(F)(F)F)[C@H](C(=O)O)C2)CCC1. The highest BCUT2D eigenvalue weighted by Crippen LogP contribution is 2.47. The number of carboxylic acids is 1. The molecule has 0 spiro atoms. The highest BCUT2D eigenvalue weighted by Gasteiger charge is 2.56. The molecule has 7 heteroatoms. The van der Waals surface area contributed by atoms with Crippen LogP contribution < -0.4 is 0 Å². The Bertz CT molecular complexity index is 412. The van der Waals surface area contributed by atoms with Crippen molar-refractivity contribution in [3.63, 3.8) is 0 Å². The lowest BCUT2D eigenvalue weighted by Gasteiger charge is -2.42. The van der Waals surface area contributed by atoms with E-state index in [4.69, 9.17) is 5.11 Å². The summed E-state index contributed by atoms with van der Waals surface area (Å²) in [6.07, 6.45) is -1.72. The van der Waals surface area contributed by atoms with E-state index in [1.807, 2.05) is 6.92 Å². The third kappa shape index (κ3) is 2.38. The number of halogens is 3. The largest absolute Gasteiger partial charge is 0.481 e. The highest BCUT2D eigenvalue weighted by molar-refractivity contribution is 5.85. The Morgan fingerprint density at radius 2 is 1.90 bits per heavy atom.